The fraction of sp³-hybridized carbons (Fsp3) is 0.400. The Kier molecular flexibility index (Phi) is 5.55. The highest BCUT2D eigenvalue weighted by Gasteiger charge is 2.30. The van der Waals surface area contributed by atoms with Crippen molar-refractivity contribution in [1.29, 1.82) is 0 Å². The van der Waals surface area contributed by atoms with E-state index >= 15 is 0 Å². The molecule has 0 radical (unpaired) electrons. The van der Waals surface area contributed by atoms with Crippen LogP contribution >= 0.6 is 0 Å². The lowest BCUT2D eigenvalue weighted by Gasteiger charge is -2.09. The van der Waals surface area contributed by atoms with Gasteiger partial charge in [-0.3, -0.25) is 4.79 Å². The number of nitrogens with zero attached hydrogens (tertiary/aromatic N) is 3. The highest BCUT2D eigenvalue weighted by atomic mass is 19.4. The van der Waals surface area contributed by atoms with E-state index in [1.54, 1.807) is 0 Å². The molecule has 0 fully saturated rings. The minimum Gasteiger partial charge on any atom is -0.391 e. The summed E-state index contributed by atoms with van der Waals surface area (Å²) >= 11 is 0. The summed E-state index contributed by atoms with van der Waals surface area (Å²) in [5.41, 5.74) is -0.720. The molecule has 0 spiro atoms. The van der Waals surface area contributed by atoms with E-state index in [1.807, 2.05) is 6.92 Å². The predicted molar refractivity (Wildman–Crippen MR) is 79.6 cm³/mol. The highest BCUT2D eigenvalue weighted by Crippen LogP contribution is 2.30. The number of alkyl halides is 3. The third-order valence-corrected chi connectivity index (χ3v) is 3.28. The largest absolute Gasteiger partial charge is 0.416 e. The number of benzene rings is 1. The van der Waals surface area contributed by atoms with Crippen LogP contribution in [0.15, 0.2) is 30.5 Å². The lowest BCUT2D eigenvalue weighted by molar-refractivity contribution is -0.137. The fourth-order valence-electron chi connectivity index (χ4n) is 2.06. The highest BCUT2D eigenvalue weighted by molar-refractivity contribution is 5.91. The first-order chi connectivity index (χ1) is 11.3. The average molecular weight is 342 g/mol. The van der Waals surface area contributed by atoms with Crippen molar-refractivity contribution in [3.05, 3.63) is 41.7 Å². The van der Waals surface area contributed by atoms with Gasteiger partial charge in [0, 0.05) is 6.54 Å². The van der Waals surface area contributed by atoms with Crippen molar-refractivity contribution >= 4 is 5.91 Å². The Morgan fingerprint density at radius 3 is 2.83 bits per heavy atom. The number of carbonyl (C=O) groups is 1. The van der Waals surface area contributed by atoms with Crippen LogP contribution in [0.4, 0.5) is 13.2 Å². The molecule has 0 aliphatic carbocycles. The quantitative estimate of drug-likeness (QED) is 0.843. The van der Waals surface area contributed by atoms with Crippen molar-refractivity contribution < 1.29 is 23.1 Å². The number of aliphatic hydroxyl groups is 1. The van der Waals surface area contributed by atoms with Crippen LogP contribution in [0, 0.1) is 0 Å². The molecule has 1 aromatic heterocycles. The van der Waals surface area contributed by atoms with Gasteiger partial charge in [-0.05, 0) is 24.6 Å². The summed E-state index contributed by atoms with van der Waals surface area (Å²) in [6, 6.07) is 4.54. The van der Waals surface area contributed by atoms with Crippen molar-refractivity contribution in [2.75, 3.05) is 6.54 Å². The van der Waals surface area contributed by atoms with Gasteiger partial charge in [0.05, 0.1) is 23.6 Å². The molecule has 2 aromatic rings. The maximum Gasteiger partial charge on any atom is 0.416 e. The second kappa shape index (κ2) is 7.43. The Hall–Kier alpha value is -2.42. The Balaban J connectivity index is 2.09. The van der Waals surface area contributed by atoms with Crippen LogP contribution in [0.2, 0.25) is 0 Å². The molecule has 1 amide bonds. The first-order valence-corrected chi connectivity index (χ1v) is 7.37. The van der Waals surface area contributed by atoms with E-state index in [-0.39, 0.29) is 17.9 Å². The topological polar surface area (TPSA) is 80.0 Å². The SMILES string of the molecule is CCCC(O)CNC(=O)c1cn(-c2cccc(C(F)(F)F)c2)nn1. The normalized spacial score (nSPS) is 12.9. The maximum atomic E-state index is 12.7. The summed E-state index contributed by atoms with van der Waals surface area (Å²) in [5, 5.41) is 19.4. The van der Waals surface area contributed by atoms with Crippen molar-refractivity contribution in [3.8, 4) is 5.69 Å². The number of halogens is 3. The van der Waals surface area contributed by atoms with Crippen molar-refractivity contribution in [2.45, 2.75) is 32.0 Å². The molecule has 0 aliphatic heterocycles. The molecule has 0 bridgehead atoms. The molecule has 1 atom stereocenters. The van der Waals surface area contributed by atoms with E-state index < -0.39 is 23.8 Å². The van der Waals surface area contributed by atoms with Gasteiger partial charge in [-0.15, -0.1) is 5.10 Å². The Morgan fingerprint density at radius 1 is 1.42 bits per heavy atom. The van der Waals surface area contributed by atoms with Gasteiger partial charge >= 0.3 is 6.18 Å². The lowest BCUT2D eigenvalue weighted by Crippen LogP contribution is -2.32. The van der Waals surface area contributed by atoms with Crippen LogP contribution in [0.3, 0.4) is 0 Å². The Bertz CT molecular complexity index is 700. The number of carbonyl (C=O) groups excluding carboxylic acids is 1. The zero-order valence-electron chi connectivity index (χ0n) is 12.9. The minimum atomic E-state index is -4.47. The molecule has 130 valence electrons. The van der Waals surface area contributed by atoms with E-state index in [0.717, 1.165) is 23.2 Å². The molecule has 0 saturated carbocycles. The van der Waals surface area contributed by atoms with Gasteiger partial charge in [0.2, 0.25) is 0 Å². The van der Waals surface area contributed by atoms with Gasteiger partial charge < -0.3 is 10.4 Å². The van der Waals surface area contributed by atoms with Gasteiger partial charge in [-0.1, -0.05) is 24.6 Å². The molecular weight excluding hydrogens is 325 g/mol. The van der Waals surface area contributed by atoms with Crippen molar-refractivity contribution in [3.63, 3.8) is 0 Å². The number of nitrogens with one attached hydrogen (secondary N) is 1. The van der Waals surface area contributed by atoms with Crippen LogP contribution in [0.25, 0.3) is 5.69 Å². The summed E-state index contributed by atoms with van der Waals surface area (Å²) in [6.07, 6.45) is -2.55. The van der Waals surface area contributed by atoms with E-state index in [9.17, 15) is 23.1 Å². The molecular formula is C15H17F3N4O2. The average Bonchev–Trinajstić information content (AvgIpc) is 3.02. The van der Waals surface area contributed by atoms with Crippen LogP contribution in [-0.4, -0.2) is 38.7 Å². The summed E-state index contributed by atoms with van der Waals surface area (Å²) in [5.74, 6) is -0.552. The number of aliphatic hydroxyl groups excluding tert-OH is 1. The molecule has 6 nitrogen and oxygen atoms in total. The van der Waals surface area contributed by atoms with E-state index in [4.69, 9.17) is 0 Å². The first kappa shape index (κ1) is 17.9. The molecule has 0 aliphatic rings. The second-order valence-electron chi connectivity index (χ2n) is 5.25. The Morgan fingerprint density at radius 2 is 2.17 bits per heavy atom. The van der Waals surface area contributed by atoms with Gasteiger partial charge in [0.1, 0.15) is 0 Å². The van der Waals surface area contributed by atoms with Gasteiger partial charge in [0.15, 0.2) is 5.69 Å². The number of hydrogen-bond acceptors (Lipinski definition) is 4. The number of rotatable bonds is 6. The zero-order chi connectivity index (χ0) is 17.7. The first-order valence-electron chi connectivity index (χ1n) is 7.37. The molecule has 1 unspecified atom stereocenters. The third-order valence-electron chi connectivity index (χ3n) is 3.28. The second-order valence-corrected chi connectivity index (χ2v) is 5.25. The minimum absolute atomic E-state index is 0.0453. The van der Waals surface area contributed by atoms with Crippen molar-refractivity contribution in [1.82, 2.24) is 20.3 Å². The molecule has 1 aromatic carbocycles. The summed E-state index contributed by atoms with van der Waals surface area (Å²) in [6.45, 7) is 1.98. The molecule has 1 heterocycles. The molecule has 24 heavy (non-hydrogen) atoms. The zero-order valence-corrected chi connectivity index (χ0v) is 12.9. The monoisotopic (exact) mass is 342 g/mol. The number of hydrogen-bond donors (Lipinski definition) is 2. The Labute approximate surface area is 136 Å². The number of aromatic nitrogens is 3. The van der Waals surface area contributed by atoms with Crippen LogP contribution in [-0.2, 0) is 6.18 Å². The van der Waals surface area contributed by atoms with E-state index in [1.165, 1.54) is 18.3 Å². The van der Waals surface area contributed by atoms with Gasteiger partial charge in [-0.2, -0.15) is 13.2 Å². The summed E-state index contributed by atoms with van der Waals surface area (Å²) in [4.78, 5) is 11.9. The summed E-state index contributed by atoms with van der Waals surface area (Å²) in [7, 11) is 0. The molecule has 2 rings (SSSR count). The van der Waals surface area contributed by atoms with Crippen LogP contribution in [0.1, 0.15) is 35.8 Å². The van der Waals surface area contributed by atoms with Gasteiger partial charge in [-0.25, -0.2) is 4.68 Å². The standard InChI is InChI=1S/C15H17F3N4O2/c1-2-4-12(23)8-19-14(24)13-9-22(21-20-13)11-6-3-5-10(7-11)15(16,17)18/h3,5-7,9,12,23H,2,4,8H2,1H3,(H,19,24). The van der Waals surface area contributed by atoms with E-state index in [0.29, 0.717) is 6.42 Å². The lowest BCUT2D eigenvalue weighted by atomic mass is 10.2. The predicted octanol–water partition coefficient (Wildman–Crippen LogP) is 2.18. The molecule has 2 N–H and O–H groups in total. The molecule has 0 saturated heterocycles. The summed E-state index contributed by atoms with van der Waals surface area (Å²) < 4.78 is 39.3. The van der Waals surface area contributed by atoms with Gasteiger partial charge in [0.25, 0.3) is 5.91 Å². The maximum absolute atomic E-state index is 12.7. The van der Waals surface area contributed by atoms with Crippen LogP contribution in [0.5, 0.6) is 0 Å². The van der Waals surface area contributed by atoms with Crippen LogP contribution < -0.4 is 5.32 Å². The van der Waals surface area contributed by atoms with E-state index in [2.05, 4.69) is 15.6 Å². The molecule has 9 heteroatoms. The third kappa shape index (κ3) is 4.54. The van der Waals surface area contributed by atoms with Crippen molar-refractivity contribution in [2.24, 2.45) is 0 Å². The fourth-order valence-corrected chi connectivity index (χ4v) is 2.06. The number of amides is 1. The smallest absolute Gasteiger partial charge is 0.391 e.